The van der Waals surface area contributed by atoms with Crippen LogP contribution in [0.2, 0.25) is 0 Å². The Kier molecular flexibility index (Phi) is 6.55. The molecule has 1 N–H and O–H groups in total. The minimum absolute atomic E-state index is 0.128. The van der Waals surface area contributed by atoms with Crippen molar-refractivity contribution in [1.82, 2.24) is 5.43 Å². The highest BCUT2D eigenvalue weighted by atomic mass is 16.5. The van der Waals surface area contributed by atoms with E-state index in [1.807, 2.05) is 50.2 Å². The van der Waals surface area contributed by atoms with E-state index in [2.05, 4.69) is 23.5 Å². The number of carbonyl (C=O) groups is 1. The van der Waals surface area contributed by atoms with E-state index in [0.717, 1.165) is 28.9 Å². The summed E-state index contributed by atoms with van der Waals surface area (Å²) in [5, 5.41) is 4.03. The summed E-state index contributed by atoms with van der Waals surface area (Å²) in [7, 11) is 0. The highest BCUT2D eigenvalue weighted by Crippen LogP contribution is 2.12. The highest BCUT2D eigenvalue weighted by molar-refractivity contribution is 5.83. The van der Waals surface area contributed by atoms with E-state index in [0.29, 0.717) is 13.0 Å². The predicted molar refractivity (Wildman–Crippen MR) is 97.6 cm³/mol. The van der Waals surface area contributed by atoms with Crippen LogP contribution in [0.4, 0.5) is 0 Å². The van der Waals surface area contributed by atoms with Crippen molar-refractivity contribution in [2.24, 2.45) is 5.10 Å². The van der Waals surface area contributed by atoms with E-state index in [9.17, 15) is 4.79 Å². The van der Waals surface area contributed by atoms with Gasteiger partial charge in [0.25, 0.3) is 0 Å². The summed E-state index contributed by atoms with van der Waals surface area (Å²) in [6.07, 6.45) is 2.91. The fourth-order valence-corrected chi connectivity index (χ4v) is 2.34. The lowest BCUT2D eigenvalue weighted by molar-refractivity contribution is -0.120. The second-order valence-electron chi connectivity index (χ2n) is 5.82. The lowest BCUT2D eigenvalue weighted by Crippen LogP contribution is -2.20. The van der Waals surface area contributed by atoms with Crippen LogP contribution < -0.4 is 10.2 Å². The third-order valence-corrected chi connectivity index (χ3v) is 3.58. The van der Waals surface area contributed by atoms with Crippen molar-refractivity contribution in [3.8, 4) is 5.75 Å². The summed E-state index contributed by atoms with van der Waals surface area (Å²) in [6, 6.07) is 13.7. The molecule has 24 heavy (non-hydrogen) atoms. The first-order valence-electron chi connectivity index (χ1n) is 8.19. The van der Waals surface area contributed by atoms with Crippen LogP contribution in [0.25, 0.3) is 0 Å². The maximum absolute atomic E-state index is 12.0. The molecule has 0 aliphatic carbocycles. The molecule has 0 atom stereocenters. The fraction of sp³-hybridized carbons (Fsp3) is 0.300. The topological polar surface area (TPSA) is 50.7 Å². The first-order chi connectivity index (χ1) is 11.6. The van der Waals surface area contributed by atoms with Crippen LogP contribution in [0, 0.1) is 13.8 Å². The molecule has 0 spiro atoms. The lowest BCUT2D eigenvalue weighted by atomic mass is 10.0. The lowest BCUT2D eigenvalue weighted by Gasteiger charge is -2.06. The average molecular weight is 324 g/mol. The van der Waals surface area contributed by atoms with E-state index >= 15 is 0 Å². The number of hydrazone groups is 1. The maximum Gasteiger partial charge on any atom is 0.244 e. The largest absolute Gasteiger partial charge is 0.494 e. The van der Waals surface area contributed by atoms with Gasteiger partial charge in [-0.15, -0.1) is 0 Å². The summed E-state index contributed by atoms with van der Waals surface area (Å²) < 4.78 is 5.58. The van der Waals surface area contributed by atoms with Crippen LogP contribution in [0.5, 0.6) is 5.75 Å². The Morgan fingerprint density at radius 2 is 2.04 bits per heavy atom. The molecule has 0 fully saturated rings. The molecule has 4 nitrogen and oxygen atoms in total. The van der Waals surface area contributed by atoms with Gasteiger partial charge in [-0.05, 0) is 49.1 Å². The zero-order chi connectivity index (χ0) is 17.4. The fourth-order valence-electron chi connectivity index (χ4n) is 2.34. The smallest absolute Gasteiger partial charge is 0.244 e. The van der Waals surface area contributed by atoms with Crippen molar-refractivity contribution in [3.63, 3.8) is 0 Å². The van der Waals surface area contributed by atoms with Crippen molar-refractivity contribution < 1.29 is 9.53 Å². The van der Waals surface area contributed by atoms with Gasteiger partial charge in [0.05, 0.1) is 19.2 Å². The van der Waals surface area contributed by atoms with Gasteiger partial charge in [0.1, 0.15) is 5.75 Å². The standard InChI is InChI=1S/C20H24N2O2/c1-4-10-24-19-7-5-6-17(12-19)14-21-22-20(23)13-18-9-8-15(2)11-16(18)3/h5-9,11-12,14H,4,10,13H2,1-3H3,(H,22,23)/b21-14-. The Bertz CT molecular complexity index is 723. The predicted octanol–water partition coefficient (Wildman–Crippen LogP) is 3.79. The molecule has 4 heteroatoms. The molecule has 0 aliphatic rings. The number of amides is 1. The molecule has 0 aliphatic heterocycles. The molecule has 0 aromatic heterocycles. The van der Waals surface area contributed by atoms with Gasteiger partial charge >= 0.3 is 0 Å². The molecule has 2 rings (SSSR count). The van der Waals surface area contributed by atoms with Crippen molar-refractivity contribution in [2.75, 3.05) is 6.61 Å². The molecule has 0 bridgehead atoms. The third kappa shape index (κ3) is 5.54. The minimum atomic E-state index is -0.128. The summed E-state index contributed by atoms with van der Waals surface area (Å²) in [5.74, 6) is 0.680. The average Bonchev–Trinajstić information content (AvgIpc) is 2.56. The summed E-state index contributed by atoms with van der Waals surface area (Å²) >= 11 is 0. The van der Waals surface area contributed by atoms with Gasteiger partial charge in [-0.2, -0.15) is 5.10 Å². The van der Waals surface area contributed by atoms with E-state index < -0.39 is 0 Å². The Morgan fingerprint density at radius 3 is 2.79 bits per heavy atom. The second-order valence-corrected chi connectivity index (χ2v) is 5.82. The van der Waals surface area contributed by atoms with Gasteiger partial charge < -0.3 is 4.74 Å². The molecule has 0 saturated heterocycles. The molecule has 0 radical (unpaired) electrons. The Labute approximate surface area is 143 Å². The van der Waals surface area contributed by atoms with Gasteiger partial charge in [-0.3, -0.25) is 4.79 Å². The number of nitrogens with one attached hydrogen (secondary N) is 1. The number of benzene rings is 2. The van der Waals surface area contributed by atoms with Crippen molar-refractivity contribution in [1.29, 1.82) is 0 Å². The van der Waals surface area contributed by atoms with Gasteiger partial charge in [0.2, 0.25) is 5.91 Å². The number of hydrogen-bond acceptors (Lipinski definition) is 3. The Morgan fingerprint density at radius 1 is 1.21 bits per heavy atom. The van der Waals surface area contributed by atoms with Crippen LogP contribution in [0.3, 0.4) is 0 Å². The first kappa shape index (κ1) is 17.7. The monoisotopic (exact) mass is 324 g/mol. The number of rotatable bonds is 7. The zero-order valence-electron chi connectivity index (χ0n) is 14.5. The van der Waals surface area contributed by atoms with Crippen LogP contribution in [0.15, 0.2) is 47.6 Å². The maximum atomic E-state index is 12.0. The van der Waals surface area contributed by atoms with Crippen LogP contribution in [-0.2, 0) is 11.2 Å². The molecule has 2 aromatic carbocycles. The van der Waals surface area contributed by atoms with Crippen LogP contribution >= 0.6 is 0 Å². The van der Waals surface area contributed by atoms with E-state index in [-0.39, 0.29) is 5.91 Å². The first-order valence-corrected chi connectivity index (χ1v) is 8.19. The van der Waals surface area contributed by atoms with Gasteiger partial charge in [-0.1, -0.05) is 42.8 Å². The minimum Gasteiger partial charge on any atom is -0.494 e. The number of aryl methyl sites for hydroxylation is 2. The molecular weight excluding hydrogens is 300 g/mol. The van der Waals surface area contributed by atoms with Crippen LogP contribution in [0.1, 0.15) is 35.6 Å². The van der Waals surface area contributed by atoms with E-state index in [4.69, 9.17) is 4.74 Å². The summed E-state index contributed by atoms with van der Waals surface area (Å²) in [5.41, 5.74) is 6.79. The molecule has 0 heterocycles. The third-order valence-electron chi connectivity index (χ3n) is 3.58. The Balaban J connectivity index is 1.90. The Hall–Kier alpha value is -2.62. The number of ether oxygens (including phenoxy) is 1. The summed E-state index contributed by atoms with van der Waals surface area (Å²) in [6.45, 7) is 6.81. The molecule has 1 amide bonds. The molecular formula is C20H24N2O2. The summed E-state index contributed by atoms with van der Waals surface area (Å²) in [4.78, 5) is 12.0. The van der Waals surface area contributed by atoms with Crippen molar-refractivity contribution in [2.45, 2.75) is 33.6 Å². The van der Waals surface area contributed by atoms with E-state index in [1.54, 1.807) is 6.21 Å². The molecule has 0 unspecified atom stereocenters. The van der Waals surface area contributed by atoms with Crippen molar-refractivity contribution >= 4 is 12.1 Å². The van der Waals surface area contributed by atoms with Gasteiger partial charge in [-0.25, -0.2) is 5.43 Å². The number of hydrogen-bond donors (Lipinski definition) is 1. The van der Waals surface area contributed by atoms with Crippen molar-refractivity contribution in [3.05, 3.63) is 64.7 Å². The van der Waals surface area contributed by atoms with Gasteiger partial charge in [0.15, 0.2) is 0 Å². The second kappa shape index (κ2) is 8.87. The van der Waals surface area contributed by atoms with Gasteiger partial charge in [0, 0.05) is 0 Å². The SMILES string of the molecule is CCCOc1cccc(/C=N\NC(=O)Cc2ccc(C)cc2C)c1. The normalized spacial score (nSPS) is 10.8. The van der Waals surface area contributed by atoms with Crippen LogP contribution in [-0.4, -0.2) is 18.7 Å². The number of carbonyl (C=O) groups excluding carboxylic acids is 1. The zero-order valence-corrected chi connectivity index (χ0v) is 14.5. The molecule has 2 aromatic rings. The number of nitrogens with zero attached hydrogens (tertiary/aromatic N) is 1. The molecule has 126 valence electrons. The highest BCUT2D eigenvalue weighted by Gasteiger charge is 2.05. The quantitative estimate of drug-likeness (QED) is 0.622. The van der Waals surface area contributed by atoms with E-state index in [1.165, 1.54) is 5.56 Å². The molecule has 0 saturated carbocycles.